The highest BCUT2D eigenvalue weighted by atomic mass is 35.5. The highest BCUT2D eigenvalue weighted by Gasteiger charge is 2.32. The Kier molecular flexibility index (Phi) is 6.29. The maximum absolute atomic E-state index is 12.8. The van der Waals surface area contributed by atoms with Crippen LogP contribution in [0, 0.1) is 5.92 Å². The molecule has 2 saturated heterocycles. The van der Waals surface area contributed by atoms with Gasteiger partial charge in [0.1, 0.15) is 0 Å². The molecule has 1 N–H and O–H groups in total. The van der Waals surface area contributed by atoms with Gasteiger partial charge in [0.15, 0.2) is 6.29 Å². The van der Waals surface area contributed by atoms with Crippen LogP contribution in [0.3, 0.4) is 0 Å². The van der Waals surface area contributed by atoms with E-state index in [0.29, 0.717) is 48.5 Å². The zero-order chi connectivity index (χ0) is 21.1. The molecule has 0 unspecified atom stereocenters. The van der Waals surface area contributed by atoms with E-state index in [1.54, 1.807) is 41.3 Å². The second-order valence-electron chi connectivity index (χ2n) is 7.38. The Morgan fingerprint density at radius 3 is 2.17 bits per heavy atom. The zero-order valence-electron chi connectivity index (χ0n) is 16.3. The zero-order valence-corrected chi connectivity index (χ0v) is 17.9. The van der Waals surface area contributed by atoms with Gasteiger partial charge in [-0.2, -0.15) is 0 Å². The first-order valence-corrected chi connectivity index (χ1v) is 11.7. The van der Waals surface area contributed by atoms with E-state index >= 15 is 0 Å². The molecule has 4 rings (SSSR count). The van der Waals surface area contributed by atoms with Crippen LogP contribution in [0.2, 0.25) is 5.02 Å². The molecule has 2 aromatic rings. The Bertz CT molecular complexity index is 981. The van der Waals surface area contributed by atoms with Gasteiger partial charge in [-0.3, -0.25) is 9.52 Å². The van der Waals surface area contributed by atoms with Crippen molar-refractivity contribution in [1.29, 1.82) is 0 Å². The summed E-state index contributed by atoms with van der Waals surface area (Å²) in [6, 6.07) is 12.4. The van der Waals surface area contributed by atoms with Crippen LogP contribution in [-0.4, -0.2) is 51.8 Å². The summed E-state index contributed by atoms with van der Waals surface area (Å²) in [7, 11) is -3.76. The normalized spacial score (nSPS) is 18.5. The Labute approximate surface area is 181 Å². The van der Waals surface area contributed by atoms with E-state index in [4.69, 9.17) is 21.1 Å². The first-order valence-electron chi connectivity index (χ1n) is 9.83. The highest BCUT2D eigenvalue weighted by molar-refractivity contribution is 7.92. The number of halogens is 1. The molecular formula is C21H23ClN2O5S. The van der Waals surface area contributed by atoms with E-state index in [9.17, 15) is 13.2 Å². The van der Waals surface area contributed by atoms with Gasteiger partial charge in [-0.25, -0.2) is 8.42 Å². The molecule has 9 heteroatoms. The molecular weight excluding hydrogens is 428 g/mol. The number of hydrogen-bond donors (Lipinski definition) is 1. The minimum absolute atomic E-state index is 0.0863. The molecule has 2 aliphatic rings. The van der Waals surface area contributed by atoms with Crippen LogP contribution in [0.4, 0.5) is 5.69 Å². The number of sulfonamides is 1. The van der Waals surface area contributed by atoms with Gasteiger partial charge in [-0.1, -0.05) is 11.6 Å². The molecule has 2 heterocycles. The molecule has 0 saturated carbocycles. The van der Waals surface area contributed by atoms with E-state index < -0.39 is 10.0 Å². The second kappa shape index (κ2) is 8.93. The van der Waals surface area contributed by atoms with Crippen molar-refractivity contribution in [2.75, 3.05) is 31.0 Å². The predicted molar refractivity (Wildman–Crippen MR) is 113 cm³/mol. The monoisotopic (exact) mass is 450 g/mol. The maximum Gasteiger partial charge on any atom is 0.261 e. The summed E-state index contributed by atoms with van der Waals surface area (Å²) in [5, 5.41) is 0.521. The van der Waals surface area contributed by atoms with Crippen LogP contribution >= 0.6 is 11.6 Å². The molecule has 30 heavy (non-hydrogen) atoms. The molecule has 7 nitrogen and oxygen atoms in total. The van der Waals surface area contributed by atoms with Gasteiger partial charge in [-0.05, 0) is 61.4 Å². The molecule has 0 aliphatic carbocycles. The average molecular weight is 451 g/mol. The summed E-state index contributed by atoms with van der Waals surface area (Å²) in [5.41, 5.74) is 0.880. The summed E-state index contributed by atoms with van der Waals surface area (Å²) in [6.07, 6.45) is 1.50. The lowest BCUT2D eigenvalue weighted by Crippen LogP contribution is -2.41. The first-order chi connectivity index (χ1) is 14.4. The minimum Gasteiger partial charge on any atom is -0.350 e. The number of carbonyl (C=O) groups is 1. The largest absolute Gasteiger partial charge is 0.350 e. The van der Waals surface area contributed by atoms with Crippen molar-refractivity contribution in [2.24, 2.45) is 5.92 Å². The van der Waals surface area contributed by atoms with E-state index in [-0.39, 0.29) is 17.1 Å². The topological polar surface area (TPSA) is 84.9 Å². The lowest BCUT2D eigenvalue weighted by molar-refractivity contribution is -0.0956. The quantitative estimate of drug-likeness (QED) is 0.754. The third-order valence-electron chi connectivity index (χ3n) is 5.37. The van der Waals surface area contributed by atoms with Crippen LogP contribution in [-0.2, 0) is 19.5 Å². The SMILES string of the molecule is O=C(c1ccc(S(=O)(=O)Nc2ccc(Cl)cc2)cc1)N1CCC(C2OCCO2)CC1. The van der Waals surface area contributed by atoms with Crippen LogP contribution < -0.4 is 4.72 Å². The van der Waals surface area contributed by atoms with Gasteiger partial charge >= 0.3 is 0 Å². The fraction of sp³-hybridized carbons (Fsp3) is 0.381. The predicted octanol–water partition coefficient (Wildman–Crippen LogP) is 3.37. The lowest BCUT2D eigenvalue weighted by atomic mass is 9.95. The van der Waals surface area contributed by atoms with Gasteiger partial charge in [0.2, 0.25) is 0 Å². The molecule has 160 valence electrons. The molecule has 2 fully saturated rings. The number of piperidine rings is 1. The molecule has 0 aromatic heterocycles. The smallest absolute Gasteiger partial charge is 0.261 e. The third kappa shape index (κ3) is 4.78. The van der Waals surface area contributed by atoms with E-state index in [1.165, 1.54) is 12.1 Å². The number of nitrogens with zero attached hydrogens (tertiary/aromatic N) is 1. The van der Waals surface area contributed by atoms with Crippen molar-refractivity contribution in [1.82, 2.24) is 4.90 Å². The molecule has 0 atom stereocenters. The Hall–Kier alpha value is -2.13. The Morgan fingerprint density at radius 2 is 1.57 bits per heavy atom. The number of benzene rings is 2. The number of carbonyl (C=O) groups excluding carboxylic acids is 1. The van der Waals surface area contributed by atoms with E-state index in [2.05, 4.69) is 4.72 Å². The van der Waals surface area contributed by atoms with Gasteiger partial charge in [0.25, 0.3) is 15.9 Å². The summed E-state index contributed by atoms with van der Waals surface area (Å²) < 4.78 is 38.8. The summed E-state index contributed by atoms with van der Waals surface area (Å²) in [6.45, 7) is 2.52. The fourth-order valence-corrected chi connectivity index (χ4v) is 4.90. The van der Waals surface area contributed by atoms with Crippen molar-refractivity contribution in [3.8, 4) is 0 Å². The Balaban J connectivity index is 1.38. The van der Waals surface area contributed by atoms with Crippen LogP contribution in [0.25, 0.3) is 0 Å². The first kappa shape index (κ1) is 21.1. The van der Waals surface area contributed by atoms with Crippen LogP contribution in [0.5, 0.6) is 0 Å². The van der Waals surface area contributed by atoms with Crippen LogP contribution in [0.1, 0.15) is 23.2 Å². The highest BCUT2D eigenvalue weighted by Crippen LogP contribution is 2.27. The molecule has 0 spiro atoms. The summed E-state index contributed by atoms with van der Waals surface area (Å²) in [5.74, 6) is 0.208. The number of hydrogen-bond acceptors (Lipinski definition) is 5. The van der Waals surface area contributed by atoms with Gasteiger partial charge in [0.05, 0.1) is 18.1 Å². The molecule has 1 amide bonds. The van der Waals surface area contributed by atoms with E-state index in [0.717, 1.165) is 12.8 Å². The summed E-state index contributed by atoms with van der Waals surface area (Å²) in [4.78, 5) is 14.7. The Morgan fingerprint density at radius 1 is 0.967 bits per heavy atom. The van der Waals surface area contributed by atoms with Gasteiger partial charge in [-0.15, -0.1) is 0 Å². The average Bonchev–Trinajstić information content (AvgIpc) is 3.30. The number of likely N-dealkylation sites (tertiary alicyclic amines) is 1. The maximum atomic E-state index is 12.8. The summed E-state index contributed by atoms with van der Waals surface area (Å²) >= 11 is 5.83. The minimum atomic E-state index is -3.76. The number of amides is 1. The molecule has 2 aliphatic heterocycles. The van der Waals surface area contributed by atoms with Crippen molar-refractivity contribution in [3.63, 3.8) is 0 Å². The van der Waals surface area contributed by atoms with Crippen molar-refractivity contribution in [2.45, 2.75) is 24.0 Å². The van der Waals surface area contributed by atoms with Crippen molar-refractivity contribution >= 4 is 33.2 Å². The van der Waals surface area contributed by atoms with Gasteiger partial charge < -0.3 is 14.4 Å². The van der Waals surface area contributed by atoms with E-state index in [1.807, 2.05) is 0 Å². The van der Waals surface area contributed by atoms with Crippen molar-refractivity contribution in [3.05, 3.63) is 59.1 Å². The molecule has 0 radical (unpaired) electrons. The second-order valence-corrected chi connectivity index (χ2v) is 9.50. The molecule has 0 bridgehead atoms. The standard InChI is InChI=1S/C21H23ClN2O5S/c22-17-3-5-18(6-4-17)23-30(26,27)19-7-1-15(2-8-19)20(25)24-11-9-16(10-12-24)21-28-13-14-29-21/h1-8,16,21,23H,9-14H2. The number of rotatable bonds is 5. The van der Waals surface area contributed by atoms with Crippen molar-refractivity contribution < 1.29 is 22.7 Å². The van der Waals surface area contributed by atoms with Crippen LogP contribution in [0.15, 0.2) is 53.4 Å². The van der Waals surface area contributed by atoms with Gasteiger partial charge in [0, 0.05) is 35.3 Å². The number of ether oxygens (including phenoxy) is 2. The third-order valence-corrected chi connectivity index (χ3v) is 7.02. The molecule has 2 aromatic carbocycles. The number of anilines is 1. The number of nitrogens with one attached hydrogen (secondary N) is 1. The lowest BCUT2D eigenvalue weighted by Gasteiger charge is -2.33. The fourth-order valence-electron chi connectivity index (χ4n) is 3.71.